The predicted octanol–water partition coefficient (Wildman–Crippen LogP) is 2.70. The number of hydrogen-bond donors (Lipinski definition) is 0. The predicted molar refractivity (Wildman–Crippen MR) is 71.9 cm³/mol. The second kappa shape index (κ2) is 6.31. The third-order valence-corrected chi connectivity index (χ3v) is 2.51. The van der Waals surface area contributed by atoms with Crippen molar-refractivity contribution in [1.82, 2.24) is 0 Å². The van der Waals surface area contributed by atoms with Crippen molar-refractivity contribution in [3.8, 4) is 23.0 Å². The van der Waals surface area contributed by atoms with Crippen LogP contribution in [0.15, 0.2) is 6.07 Å². The summed E-state index contributed by atoms with van der Waals surface area (Å²) in [5, 5.41) is 0. The maximum atomic E-state index is 11.8. The van der Waals surface area contributed by atoms with Crippen molar-refractivity contribution < 1.29 is 23.7 Å². The van der Waals surface area contributed by atoms with Crippen LogP contribution in [-0.2, 0) is 0 Å². The molecule has 0 fully saturated rings. The first-order valence-electron chi connectivity index (χ1n) is 5.96. The molecule has 0 spiro atoms. The summed E-state index contributed by atoms with van der Waals surface area (Å²) in [6.45, 7) is 5.25. The number of Topliss-reactive ketones (excluding diaryl/α,β-unsaturated/α-hetero) is 1. The SMILES string of the molecule is COc1cc(OC(C)C)c(OC)c(OC)c1C(C)=O. The molecule has 0 aliphatic heterocycles. The Bertz CT molecular complexity index is 465. The molecule has 5 nitrogen and oxygen atoms in total. The summed E-state index contributed by atoms with van der Waals surface area (Å²) < 4.78 is 21.5. The summed E-state index contributed by atoms with van der Waals surface area (Å²) in [6, 6.07) is 1.64. The normalized spacial score (nSPS) is 10.3. The first-order chi connectivity index (χ1) is 8.96. The third kappa shape index (κ3) is 3.10. The van der Waals surface area contributed by atoms with Crippen LogP contribution in [0, 0.1) is 0 Å². The maximum absolute atomic E-state index is 11.8. The molecule has 106 valence electrons. The average Bonchev–Trinajstić information content (AvgIpc) is 2.35. The molecule has 0 amide bonds. The van der Waals surface area contributed by atoms with E-state index in [1.807, 2.05) is 13.8 Å². The Morgan fingerprint density at radius 3 is 1.95 bits per heavy atom. The number of carbonyl (C=O) groups is 1. The molecule has 1 rings (SSSR count). The molecule has 0 saturated carbocycles. The van der Waals surface area contributed by atoms with Gasteiger partial charge in [-0.25, -0.2) is 0 Å². The van der Waals surface area contributed by atoms with E-state index in [4.69, 9.17) is 18.9 Å². The van der Waals surface area contributed by atoms with Crippen LogP contribution in [0.4, 0.5) is 0 Å². The van der Waals surface area contributed by atoms with Crippen molar-refractivity contribution in [1.29, 1.82) is 0 Å². The Hall–Kier alpha value is -1.91. The number of ether oxygens (including phenoxy) is 4. The fraction of sp³-hybridized carbons (Fsp3) is 0.500. The first-order valence-corrected chi connectivity index (χ1v) is 5.96. The van der Waals surface area contributed by atoms with Gasteiger partial charge in [0.05, 0.1) is 27.4 Å². The molecule has 0 radical (unpaired) electrons. The lowest BCUT2D eigenvalue weighted by Gasteiger charge is -2.19. The van der Waals surface area contributed by atoms with Gasteiger partial charge in [-0.1, -0.05) is 0 Å². The van der Waals surface area contributed by atoms with Gasteiger partial charge in [0.1, 0.15) is 11.3 Å². The third-order valence-electron chi connectivity index (χ3n) is 2.51. The summed E-state index contributed by atoms with van der Waals surface area (Å²) in [7, 11) is 4.47. The Labute approximate surface area is 113 Å². The molecule has 1 aromatic rings. The second-order valence-electron chi connectivity index (χ2n) is 4.24. The first kappa shape index (κ1) is 15.1. The number of ketones is 1. The number of carbonyl (C=O) groups excluding carboxylic acids is 1. The van der Waals surface area contributed by atoms with Gasteiger partial charge < -0.3 is 18.9 Å². The highest BCUT2D eigenvalue weighted by Gasteiger charge is 2.24. The average molecular weight is 268 g/mol. The molecule has 0 saturated heterocycles. The Kier molecular flexibility index (Phi) is 5.03. The molecular weight excluding hydrogens is 248 g/mol. The lowest BCUT2D eigenvalue weighted by Crippen LogP contribution is -2.10. The Morgan fingerprint density at radius 2 is 1.58 bits per heavy atom. The van der Waals surface area contributed by atoms with Crippen LogP contribution in [0.1, 0.15) is 31.1 Å². The molecular formula is C14H20O5. The molecule has 19 heavy (non-hydrogen) atoms. The van der Waals surface area contributed by atoms with Crippen molar-refractivity contribution in [3.05, 3.63) is 11.6 Å². The van der Waals surface area contributed by atoms with Crippen LogP contribution in [0.5, 0.6) is 23.0 Å². The fourth-order valence-corrected chi connectivity index (χ4v) is 1.82. The zero-order valence-electron chi connectivity index (χ0n) is 12.2. The molecule has 5 heteroatoms. The summed E-state index contributed by atoms with van der Waals surface area (Å²) in [4.78, 5) is 11.8. The fourth-order valence-electron chi connectivity index (χ4n) is 1.82. The number of benzene rings is 1. The van der Waals surface area contributed by atoms with Gasteiger partial charge in [-0.3, -0.25) is 4.79 Å². The van der Waals surface area contributed by atoms with Crippen molar-refractivity contribution in [3.63, 3.8) is 0 Å². The largest absolute Gasteiger partial charge is 0.496 e. The highest BCUT2D eigenvalue weighted by atomic mass is 16.5. The van der Waals surface area contributed by atoms with E-state index >= 15 is 0 Å². The van der Waals surface area contributed by atoms with Gasteiger partial charge in [-0.05, 0) is 20.8 Å². The van der Waals surface area contributed by atoms with E-state index in [0.717, 1.165) is 0 Å². The monoisotopic (exact) mass is 268 g/mol. The summed E-state index contributed by atoms with van der Waals surface area (Å²) >= 11 is 0. The lowest BCUT2D eigenvalue weighted by molar-refractivity contribution is 0.101. The number of methoxy groups -OCH3 is 3. The highest BCUT2D eigenvalue weighted by Crippen LogP contribution is 2.45. The molecule has 0 heterocycles. The van der Waals surface area contributed by atoms with E-state index < -0.39 is 0 Å². The van der Waals surface area contributed by atoms with E-state index in [1.165, 1.54) is 28.3 Å². The van der Waals surface area contributed by atoms with Crippen LogP contribution in [-0.4, -0.2) is 33.2 Å². The van der Waals surface area contributed by atoms with Gasteiger partial charge in [-0.2, -0.15) is 0 Å². The minimum absolute atomic E-state index is 0.0357. The van der Waals surface area contributed by atoms with Crippen LogP contribution in [0.3, 0.4) is 0 Å². The smallest absolute Gasteiger partial charge is 0.204 e. The lowest BCUT2D eigenvalue weighted by atomic mass is 10.1. The van der Waals surface area contributed by atoms with Crippen LogP contribution >= 0.6 is 0 Å². The van der Waals surface area contributed by atoms with E-state index in [0.29, 0.717) is 28.6 Å². The minimum Gasteiger partial charge on any atom is -0.496 e. The molecule has 0 N–H and O–H groups in total. The summed E-state index contributed by atoms with van der Waals surface area (Å²) in [5.74, 6) is 1.44. The molecule has 0 unspecified atom stereocenters. The summed E-state index contributed by atoms with van der Waals surface area (Å²) in [5.41, 5.74) is 0.345. The van der Waals surface area contributed by atoms with Crippen LogP contribution < -0.4 is 18.9 Å². The van der Waals surface area contributed by atoms with Crippen LogP contribution in [0.2, 0.25) is 0 Å². The van der Waals surface area contributed by atoms with E-state index in [1.54, 1.807) is 6.07 Å². The van der Waals surface area contributed by atoms with Gasteiger partial charge in [-0.15, -0.1) is 0 Å². The molecule has 0 aliphatic rings. The molecule has 0 bridgehead atoms. The van der Waals surface area contributed by atoms with Crippen molar-refractivity contribution in [2.45, 2.75) is 26.9 Å². The highest BCUT2D eigenvalue weighted by molar-refractivity contribution is 6.01. The van der Waals surface area contributed by atoms with E-state index in [2.05, 4.69) is 0 Å². The zero-order valence-corrected chi connectivity index (χ0v) is 12.2. The summed E-state index contributed by atoms with van der Waals surface area (Å²) in [6.07, 6.45) is -0.0357. The quantitative estimate of drug-likeness (QED) is 0.742. The molecule has 0 aromatic heterocycles. The zero-order chi connectivity index (χ0) is 14.6. The molecule has 1 aromatic carbocycles. The minimum atomic E-state index is -0.164. The van der Waals surface area contributed by atoms with Crippen LogP contribution in [0.25, 0.3) is 0 Å². The van der Waals surface area contributed by atoms with Crippen molar-refractivity contribution in [2.75, 3.05) is 21.3 Å². The van der Waals surface area contributed by atoms with E-state index in [9.17, 15) is 4.79 Å². The van der Waals surface area contributed by atoms with Crippen molar-refractivity contribution >= 4 is 5.78 Å². The van der Waals surface area contributed by atoms with Crippen molar-refractivity contribution in [2.24, 2.45) is 0 Å². The van der Waals surface area contributed by atoms with Gasteiger partial charge in [0.25, 0.3) is 0 Å². The van der Waals surface area contributed by atoms with E-state index in [-0.39, 0.29) is 11.9 Å². The Morgan fingerprint density at radius 1 is 1.00 bits per heavy atom. The number of rotatable bonds is 6. The number of hydrogen-bond acceptors (Lipinski definition) is 5. The molecule has 0 aliphatic carbocycles. The van der Waals surface area contributed by atoms with Gasteiger partial charge >= 0.3 is 0 Å². The molecule has 0 atom stereocenters. The topological polar surface area (TPSA) is 54.0 Å². The van der Waals surface area contributed by atoms with Gasteiger partial charge in [0.2, 0.25) is 5.75 Å². The van der Waals surface area contributed by atoms with Gasteiger partial charge in [0, 0.05) is 6.07 Å². The maximum Gasteiger partial charge on any atom is 0.204 e. The second-order valence-corrected chi connectivity index (χ2v) is 4.24. The standard InChI is InChI=1S/C14H20O5/c1-8(2)19-11-7-10(16-4)12(9(3)15)14(18-6)13(11)17-5/h7-8H,1-6H3. The Balaban J connectivity index is 3.55. The van der Waals surface area contributed by atoms with Gasteiger partial charge in [0.15, 0.2) is 17.3 Å².